The molecule has 2 fully saturated rings. The first-order chi connectivity index (χ1) is 16.3. The summed E-state index contributed by atoms with van der Waals surface area (Å²) in [6.45, 7) is 7.23. The van der Waals surface area contributed by atoms with Crippen LogP contribution in [-0.4, -0.2) is 47.6 Å². The molecule has 7 heteroatoms. The molecule has 2 heterocycles. The Balaban J connectivity index is 1.77. The highest BCUT2D eigenvalue weighted by Crippen LogP contribution is 2.41. The summed E-state index contributed by atoms with van der Waals surface area (Å²) in [5.41, 5.74) is 1.18. The van der Waals surface area contributed by atoms with Gasteiger partial charge in [0, 0.05) is 24.3 Å². The Morgan fingerprint density at radius 3 is 2.65 bits per heavy atom. The second-order valence-corrected chi connectivity index (χ2v) is 9.29. The lowest BCUT2D eigenvalue weighted by Crippen LogP contribution is -2.36. The highest BCUT2D eigenvalue weighted by Gasteiger charge is 2.47. The number of amides is 1. The zero-order valence-corrected chi connectivity index (χ0v) is 19.7. The van der Waals surface area contributed by atoms with E-state index in [4.69, 9.17) is 9.47 Å². The van der Waals surface area contributed by atoms with Crippen molar-refractivity contribution in [2.24, 2.45) is 5.92 Å². The highest BCUT2D eigenvalue weighted by atomic mass is 19.1. The predicted molar refractivity (Wildman–Crippen MR) is 126 cm³/mol. The maximum Gasteiger partial charge on any atom is 0.295 e. The van der Waals surface area contributed by atoms with Crippen molar-refractivity contribution in [2.75, 3.05) is 19.8 Å². The Kier molecular flexibility index (Phi) is 7.03. The number of carbonyl (C=O) groups is 2. The number of hydrogen-bond acceptors (Lipinski definition) is 5. The standard InChI is InChI=1S/C27H30FNO5/c1-16(2)15-34-22-11-10-18(13-17(22)3)25(30)23-24(20-8-4-5-9-21(20)28)29(27(32)26(23)31)14-19-7-6-12-33-19/h4-5,8-11,13,16,19,24,30H,6-7,12,14-15H2,1-3H3/b25-23+. The number of ketones is 1. The molecule has 2 saturated heterocycles. The molecular weight excluding hydrogens is 437 g/mol. The Hall–Kier alpha value is -3.19. The monoisotopic (exact) mass is 467 g/mol. The van der Waals surface area contributed by atoms with Crippen LogP contribution in [0.5, 0.6) is 5.75 Å². The van der Waals surface area contributed by atoms with Crippen molar-refractivity contribution in [3.05, 3.63) is 70.5 Å². The van der Waals surface area contributed by atoms with Crippen LogP contribution in [0.2, 0.25) is 0 Å². The van der Waals surface area contributed by atoms with E-state index >= 15 is 0 Å². The molecule has 1 N–H and O–H groups in total. The molecule has 34 heavy (non-hydrogen) atoms. The number of aliphatic hydroxyl groups is 1. The molecule has 2 aromatic rings. The number of benzene rings is 2. The maximum atomic E-state index is 14.9. The van der Waals surface area contributed by atoms with Gasteiger partial charge in [-0.05, 0) is 55.5 Å². The van der Waals surface area contributed by atoms with Gasteiger partial charge >= 0.3 is 0 Å². The number of aryl methyl sites for hydroxylation is 1. The quantitative estimate of drug-likeness (QED) is 0.361. The van der Waals surface area contributed by atoms with Crippen molar-refractivity contribution in [1.82, 2.24) is 4.90 Å². The van der Waals surface area contributed by atoms with Gasteiger partial charge in [0.25, 0.3) is 11.7 Å². The number of rotatable bonds is 7. The number of likely N-dealkylation sites (tertiary alicyclic amines) is 1. The molecule has 0 bridgehead atoms. The molecule has 180 valence electrons. The summed E-state index contributed by atoms with van der Waals surface area (Å²) in [5, 5.41) is 11.2. The van der Waals surface area contributed by atoms with E-state index in [0.29, 0.717) is 30.4 Å². The third-order valence-corrected chi connectivity index (χ3v) is 6.18. The molecule has 0 saturated carbocycles. The van der Waals surface area contributed by atoms with Crippen molar-refractivity contribution < 1.29 is 28.6 Å². The van der Waals surface area contributed by atoms with Crippen molar-refractivity contribution in [2.45, 2.75) is 45.8 Å². The summed E-state index contributed by atoms with van der Waals surface area (Å²) >= 11 is 0. The zero-order valence-electron chi connectivity index (χ0n) is 19.7. The number of ether oxygens (including phenoxy) is 2. The van der Waals surface area contributed by atoms with Crippen molar-refractivity contribution in [1.29, 1.82) is 0 Å². The number of carbonyl (C=O) groups excluding carboxylic acids is 2. The third-order valence-electron chi connectivity index (χ3n) is 6.18. The Morgan fingerprint density at radius 2 is 2.00 bits per heavy atom. The van der Waals surface area contributed by atoms with Crippen LogP contribution in [-0.2, 0) is 14.3 Å². The van der Waals surface area contributed by atoms with E-state index in [1.165, 1.54) is 17.0 Å². The Labute approximate surface area is 199 Å². The topological polar surface area (TPSA) is 76.1 Å². The van der Waals surface area contributed by atoms with Gasteiger partial charge in [-0.3, -0.25) is 9.59 Å². The van der Waals surface area contributed by atoms with Crippen molar-refractivity contribution in [3.63, 3.8) is 0 Å². The highest BCUT2D eigenvalue weighted by molar-refractivity contribution is 6.46. The fraction of sp³-hybridized carbons (Fsp3) is 0.407. The fourth-order valence-corrected chi connectivity index (χ4v) is 4.47. The van der Waals surface area contributed by atoms with Gasteiger partial charge in [-0.2, -0.15) is 0 Å². The summed E-state index contributed by atoms with van der Waals surface area (Å²) in [6, 6.07) is 10.1. The lowest BCUT2D eigenvalue weighted by atomic mass is 9.94. The summed E-state index contributed by atoms with van der Waals surface area (Å²) < 4.78 is 26.4. The Bertz CT molecular complexity index is 1120. The van der Waals surface area contributed by atoms with Crippen LogP contribution in [0.15, 0.2) is 48.0 Å². The molecule has 2 aromatic carbocycles. The smallest absolute Gasteiger partial charge is 0.295 e. The lowest BCUT2D eigenvalue weighted by molar-refractivity contribution is -0.140. The normalized spacial score (nSPS) is 22.1. The van der Waals surface area contributed by atoms with Crippen LogP contribution in [0.3, 0.4) is 0 Å². The minimum Gasteiger partial charge on any atom is -0.507 e. The number of aliphatic hydroxyl groups excluding tert-OH is 1. The molecule has 0 radical (unpaired) electrons. The van der Waals surface area contributed by atoms with Crippen LogP contribution in [0.25, 0.3) is 5.76 Å². The molecule has 4 rings (SSSR count). The first-order valence-electron chi connectivity index (χ1n) is 11.7. The van der Waals surface area contributed by atoms with Crippen LogP contribution in [0, 0.1) is 18.7 Å². The third kappa shape index (κ3) is 4.71. The van der Waals surface area contributed by atoms with Crippen molar-refractivity contribution >= 4 is 17.4 Å². The van der Waals surface area contributed by atoms with Crippen LogP contribution >= 0.6 is 0 Å². The molecule has 0 aliphatic carbocycles. The summed E-state index contributed by atoms with van der Waals surface area (Å²) in [5.74, 6) is -1.45. The van der Waals surface area contributed by atoms with Gasteiger partial charge in [-0.25, -0.2) is 4.39 Å². The number of Topliss-reactive ketones (excluding diaryl/α,β-unsaturated/α-hetero) is 1. The van der Waals surface area contributed by atoms with E-state index in [0.717, 1.165) is 18.4 Å². The molecule has 2 unspecified atom stereocenters. The Morgan fingerprint density at radius 1 is 1.24 bits per heavy atom. The summed E-state index contributed by atoms with van der Waals surface area (Å²) in [4.78, 5) is 27.5. The van der Waals surface area contributed by atoms with E-state index in [2.05, 4.69) is 0 Å². The number of hydrogen-bond donors (Lipinski definition) is 1. The minimum absolute atomic E-state index is 0.122. The molecule has 0 aromatic heterocycles. The number of halogens is 1. The van der Waals surface area contributed by atoms with Gasteiger partial charge in [0.1, 0.15) is 17.3 Å². The van der Waals surface area contributed by atoms with E-state index in [9.17, 15) is 19.1 Å². The van der Waals surface area contributed by atoms with Gasteiger partial charge < -0.3 is 19.5 Å². The van der Waals surface area contributed by atoms with Crippen molar-refractivity contribution in [3.8, 4) is 5.75 Å². The average Bonchev–Trinajstić information content (AvgIpc) is 3.40. The van der Waals surface area contributed by atoms with Gasteiger partial charge in [-0.15, -0.1) is 0 Å². The lowest BCUT2D eigenvalue weighted by Gasteiger charge is -2.27. The molecule has 6 nitrogen and oxygen atoms in total. The first-order valence-corrected chi connectivity index (χ1v) is 11.7. The first kappa shape index (κ1) is 24.0. The molecule has 2 aliphatic rings. The van der Waals surface area contributed by atoms with E-state index in [-0.39, 0.29) is 29.5 Å². The molecule has 2 atom stereocenters. The van der Waals surface area contributed by atoms with Crippen LogP contribution < -0.4 is 4.74 Å². The average molecular weight is 468 g/mol. The number of nitrogens with zero attached hydrogens (tertiary/aromatic N) is 1. The van der Waals surface area contributed by atoms with E-state index in [1.807, 2.05) is 20.8 Å². The maximum absolute atomic E-state index is 14.9. The summed E-state index contributed by atoms with van der Waals surface area (Å²) in [6.07, 6.45) is 1.39. The zero-order chi connectivity index (χ0) is 24.4. The fourth-order valence-electron chi connectivity index (χ4n) is 4.47. The summed E-state index contributed by atoms with van der Waals surface area (Å²) in [7, 11) is 0. The van der Waals surface area contributed by atoms with Crippen LogP contribution in [0.4, 0.5) is 4.39 Å². The van der Waals surface area contributed by atoms with Gasteiger partial charge in [0.15, 0.2) is 0 Å². The van der Waals surface area contributed by atoms with Gasteiger partial charge in [-0.1, -0.05) is 32.0 Å². The molecule has 0 spiro atoms. The largest absolute Gasteiger partial charge is 0.507 e. The van der Waals surface area contributed by atoms with E-state index < -0.39 is 23.5 Å². The molecule has 2 aliphatic heterocycles. The second-order valence-electron chi connectivity index (χ2n) is 9.29. The SMILES string of the molecule is Cc1cc(/C(O)=C2\C(=O)C(=O)N(CC3CCCO3)C2c2ccccc2F)ccc1OCC(C)C. The predicted octanol–water partition coefficient (Wildman–Crippen LogP) is 4.77. The second kappa shape index (κ2) is 9.97. The molecular formula is C27H30FNO5. The van der Waals surface area contributed by atoms with E-state index in [1.54, 1.807) is 30.3 Å². The van der Waals surface area contributed by atoms with Crippen LogP contribution in [0.1, 0.15) is 49.4 Å². The molecule has 1 amide bonds. The minimum atomic E-state index is -1.04. The van der Waals surface area contributed by atoms with Gasteiger partial charge in [0.2, 0.25) is 0 Å². The van der Waals surface area contributed by atoms with Gasteiger partial charge in [0.05, 0.1) is 24.3 Å².